The van der Waals surface area contributed by atoms with Gasteiger partial charge >= 0.3 is 0 Å². The number of hydrogen-bond donors (Lipinski definition) is 1. The van der Waals surface area contributed by atoms with Crippen molar-refractivity contribution in [1.29, 1.82) is 0 Å². The molecule has 2 rings (SSSR count). The summed E-state index contributed by atoms with van der Waals surface area (Å²) in [6.07, 6.45) is 3.54. The molecule has 1 N–H and O–H groups in total. The molecule has 0 bridgehead atoms. The normalized spacial score (nSPS) is 34.6. The predicted molar refractivity (Wildman–Crippen MR) is 59.3 cm³/mol. The first-order valence-corrected chi connectivity index (χ1v) is 6.49. The van der Waals surface area contributed by atoms with Crippen molar-refractivity contribution in [1.82, 2.24) is 10.2 Å². The first-order valence-electron chi connectivity index (χ1n) is 5.44. The molecule has 2 fully saturated rings. The molecule has 2 saturated heterocycles. The van der Waals surface area contributed by atoms with Crippen LogP contribution in [0.5, 0.6) is 0 Å². The van der Waals surface area contributed by atoms with Crippen molar-refractivity contribution in [3.05, 3.63) is 0 Å². The van der Waals surface area contributed by atoms with Gasteiger partial charge in [0.05, 0.1) is 11.4 Å². The fourth-order valence-electron chi connectivity index (χ4n) is 2.11. The SMILES string of the molecule is CC1NCCCN(C2CCCS2)C1=O. The minimum Gasteiger partial charge on any atom is -0.329 e. The van der Waals surface area contributed by atoms with Crippen molar-refractivity contribution in [3.63, 3.8) is 0 Å². The second-order valence-corrected chi connectivity index (χ2v) is 5.31. The van der Waals surface area contributed by atoms with Gasteiger partial charge in [0.15, 0.2) is 0 Å². The van der Waals surface area contributed by atoms with Gasteiger partial charge in [0, 0.05) is 6.54 Å². The molecule has 0 aromatic carbocycles. The fraction of sp³-hybridized carbons (Fsp3) is 0.900. The molecule has 0 aromatic heterocycles. The van der Waals surface area contributed by atoms with E-state index >= 15 is 0 Å². The Morgan fingerprint density at radius 2 is 2.36 bits per heavy atom. The molecule has 2 atom stereocenters. The first kappa shape index (κ1) is 10.3. The van der Waals surface area contributed by atoms with E-state index in [1.54, 1.807) is 0 Å². The summed E-state index contributed by atoms with van der Waals surface area (Å²) < 4.78 is 0. The topological polar surface area (TPSA) is 32.3 Å². The molecule has 3 nitrogen and oxygen atoms in total. The summed E-state index contributed by atoms with van der Waals surface area (Å²) in [7, 11) is 0. The number of thioether (sulfide) groups is 1. The molecule has 2 aliphatic rings. The average Bonchev–Trinajstić information content (AvgIpc) is 2.64. The zero-order valence-corrected chi connectivity index (χ0v) is 9.48. The van der Waals surface area contributed by atoms with Gasteiger partial charge in [-0.3, -0.25) is 4.79 Å². The van der Waals surface area contributed by atoms with Crippen molar-refractivity contribution in [3.8, 4) is 0 Å². The van der Waals surface area contributed by atoms with E-state index in [0.29, 0.717) is 11.3 Å². The highest BCUT2D eigenvalue weighted by molar-refractivity contribution is 8.00. The fourth-order valence-corrected chi connectivity index (χ4v) is 3.43. The maximum absolute atomic E-state index is 12.0. The first-order chi connectivity index (χ1) is 6.79. The second kappa shape index (κ2) is 4.53. The third kappa shape index (κ3) is 2.06. The van der Waals surface area contributed by atoms with Gasteiger partial charge in [-0.05, 0) is 38.5 Å². The minimum absolute atomic E-state index is 0.0127. The molecule has 0 radical (unpaired) electrons. The molecule has 0 spiro atoms. The third-order valence-electron chi connectivity index (χ3n) is 2.93. The number of carbonyl (C=O) groups excluding carboxylic acids is 1. The van der Waals surface area contributed by atoms with Crippen LogP contribution in [0.2, 0.25) is 0 Å². The van der Waals surface area contributed by atoms with Crippen LogP contribution in [0, 0.1) is 0 Å². The average molecular weight is 214 g/mol. The summed E-state index contributed by atoms with van der Waals surface area (Å²) in [6.45, 7) is 3.88. The van der Waals surface area contributed by atoms with Crippen LogP contribution in [0.25, 0.3) is 0 Å². The summed E-state index contributed by atoms with van der Waals surface area (Å²) in [4.78, 5) is 14.1. The summed E-state index contributed by atoms with van der Waals surface area (Å²) in [5, 5.41) is 3.71. The standard InChI is InChI=1S/C10H18N2OS/c1-8-10(13)12(6-3-5-11-8)9-4-2-7-14-9/h8-9,11H,2-7H2,1H3. The van der Waals surface area contributed by atoms with E-state index < -0.39 is 0 Å². The zero-order valence-electron chi connectivity index (χ0n) is 8.66. The third-order valence-corrected chi connectivity index (χ3v) is 4.33. The smallest absolute Gasteiger partial charge is 0.240 e. The van der Waals surface area contributed by atoms with Gasteiger partial charge in [-0.15, -0.1) is 11.8 Å². The highest BCUT2D eigenvalue weighted by Gasteiger charge is 2.30. The number of carbonyl (C=O) groups is 1. The lowest BCUT2D eigenvalue weighted by Gasteiger charge is -2.28. The van der Waals surface area contributed by atoms with E-state index in [-0.39, 0.29) is 6.04 Å². The van der Waals surface area contributed by atoms with E-state index in [1.807, 2.05) is 18.7 Å². The highest BCUT2D eigenvalue weighted by atomic mass is 32.2. The van der Waals surface area contributed by atoms with Crippen LogP contribution in [-0.2, 0) is 4.79 Å². The van der Waals surface area contributed by atoms with Gasteiger partial charge in [-0.25, -0.2) is 0 Å². The van der Waals surface area contributed by atoms with Crippen LogP contribution in [-0.4, -0.2) is 41.1 Å². The van der Waals surface area contributed by atoms with E-state index in [4.69, 9.17) is 0 Å². The van der Waals surface area contributed by atoms with Crippen LogP contribution >= 0.6 is 11.8 Å². The molecule has 80 valence electrons. The van der Waals surface area contributed by atoms with Gasteiger partial charge in [0.1, 0.15) is 0 Å². The van der Waals surface area contributed by atoms with Gasteiger partial charge < -0.3 is 10.2 Å². The van der Waals surface area contributed by atoms with Crippen LogP contribution in [0.3, 0.4) is 0 Å². The lowest BCUT2D eigenvalue weighted by molar-refractivity contribution is -0.132. The molecule has 4 heteroatoms. The Balaban J connectivity index is 2.03. The number of hydrogen-bond acceptors (Lipinski definition) is 3. The lowest BCUT2D eigenvalue weighted by atomic mass is 10.2. The van der Waals surface area contributed by atoms with Gasteiger partial charge in [-0.1, -0.05) is 0 Å². The Hall–Kier alpha value is -0.220. The Labute approximate surface area is 89.6 Å². The second-order valence-electron chi connectivity index (χ2n) is 4.03. The van der Waals surface area contributed by atoms with E-state index in [0.717, 1.165) is 19.5 Å². The number of nitrogens with one attached hydrogen (secondary N) is 1. The van der Waals surface area contributed by atoms with E-state index in [9.17, 15) is 4.79 Å². The Kier molecular flexibility index (Phi) is 3.34. The molecule has 14 heavy (non-hydrogen) atoms. The minimum atomic E-state index is 0.0127. The number of rotatable bonds is 1. The Morgan fingerprint density at radius 1 is 1.50 bits per heavy atom. The molecule has 2 aliphatic heterocycles. The van der Waals surface area contributed by atoms with Crippen molar-refractivity contribution in [2.45, 2.75) is 37.6 Å². The van der Waals surface area contributed by atoms with Gasteiger partial charge in [0.2, 0.25) is 5.91 Å². The van der Waals surface area contributed by atoms with E-state index in [2.05, 4.69) is 10.2 Å². The lowest BCUT2D eigenvalue weighted by Crippen LogP contribution is -2.44. The molecule has 1 amide bonds. The van der Waals surface area contributed by atoms with Crippen molar-refractivity contribution in [2.75, 3.05) is 18.8 Å². The van der Waals surface area contributed by atoms with E-state index in [1.165, 1.54) is 18.6 Å². The van der Waals surface area contributed by atoms with Crippen molar-refractivity contribution >= 4 is 17.7 Å². The summed E-state index contributed by atoms with van der Waals surface area (Å²) in [5.41, 5.74) is 0. The maximum Gasteiger partial charge on any atom is 0.240 e. The zero-order chi connectivity index (χ0) is 9.97. The summed E-state index contributed by atoms with van der Waals surface area (Å²) >= 11 is 1.94. The molecule has 0 saturated carbocycles. The number of nitrogens with zero attached hydrogens (tertiary/aromatic N) is 1. The predicted octanol–water partition coefficient (Wildman–Crippen LogP) is 1.05. The molecular weight excluding hydrogens is 196 g/mol. The van der Waals surface area contributed by atoms with Crippen LogP contribution in [0.1, 0.15) is 26.2 Å². The van der Waals surface area contributed by atoms with Crippen LogP contribution < -0.4 is 5.32 Å². The van der Waals surface area contributed by atoms with Crippen LogP contribution in [0.4, 0.5) is 0 Å². The molecule has 2 heterocycles. The molecule has 2 unspecified atom stereocenters. The molecule has 0 aromatic rings. The molecular formula is C10H18N2OS. The highest BCUT2D eigenvalue weighted by Crippen LogP contribution is 2.30. The molecule has 0 aliphatic carbocycles. The van der Waals surface area contributed by atoms with Crippen molar-refractivity contribution < 1.29 is 4.79 Å². The summed E-state index contributed by atoms with van der Waals surface area (Å²) in [5.74, 6) is 1.51. The Morgan fingerprint density at radius 3 is 3.07 bits per heavy atom. The summed E-state index contributed by atoms with van der Waals surface area (Å²) in [6, 6.07) is 0.0127. The monoisotopic (exact) mass is 214 g/mol. The largest absolute Gasteiger partial charge is 0.329 e. The Bertz CT molecular complexity index is 216. The van der Waals surface area contributed by atoms with Crippen LogP contribution in [0.15, 0.2) is 0 Å². The quantitative estimate of drug-likeness (QED) is 0.708. The van der Waals surface area contributed by atoms with Crippen molar-refractivity contribution in [2.24, 2.45) is 0 Å². The maximum atomic E-state index is 12.0. The van der Waals surface area contributed by atoms with Gasteiger partial charge in [-0.2, -0.15) is 0 Å². The van der Waals surface area contributed by atoms with Gasteiger partial charge in [0.25, 0.3) is 0 Å². The number of amides is 1.